The van der Waals surface area contributed by atoms with E-state index < -0.39 is 0 Å². The number of para-hydroxylation sites is 1. The first-order chi connectivity index (χ1) is 9.75. The molecule has 0 amide bonds. The lowest BCUT2D eigenvalue weighted by molar-refractivity contribution is 0.460. The largest absolute Gasteiger partial charge is 0.494 e. The number of aromatic nitrogens is 3. The van der Waals surface area contributed by atoms with Crippen LogP contribution < -0.4 is 5.56 Å². The molecule has 20 heavy (non-hydrogen) atoms. The van der Waals surface area contributed by atoms with E-state index in [0.29, 0.717) is 11.1 Å². The maximum Gasteiger partial charge on any atom is 0.284 e. The lowest BCUT2D eigenvalue weighted by atomic mass is 9.99. The number of aromatic amines is 1. The van der Waals surface area contributed by atoms with Crippen LogP contribution in [0.1, 0.15) is 17.8 Å². The maximum absolute atomic E-state index is 12.6. The quantitative estimate of drug-likeness (QED) is 0.707. The van der Waals surface area contributed by atoms with Gasteiger partial charge in [0.15, 0.2) is 0 Å². The molecule has 1 aliphatic carbocycles. The van der Waals surface area contributed by atoms with Crippen molar-refractivity contribution in [3.8, 4) is 11.6 Å². The minimum Gasteiger partial charge on any atom is -0.494 e. The number of aromatic hydroxyl groups is 1. The van der Waals surface area contributed by atoms with Crippen molar-refractivity contribution < 1.29 is 5.11 Å². The third-order valence-corrected chi connectivity index (χ3v) is 3.81. The van der Waals surface area contributed by atoms with E-state index >= 15 is 0 Å². The highest BCUT2D eigenvalue weighted by atomic mass is 16.3. The van der Waals surface area contributed by atoms with Gasteiger partial charge < -0.3 is 10.1 Å². The second-order valence-electron chi connectivity index (χ2n) is 5.05. The highest BCUT2D eigenvalue weighted by Gasteiger charge is 2.23. The van der Waals surface area contributed by atoms with Gasteiger partial charge in [0, 0.05) is 11.1 Å². The highest BCUT2D eigenvalue weighted by Crippen LogP contribution is 2.31. The summed E-state index contributed by atoms with van der Waals surface area (Å²) in [4.78, 5) is 15.5. The molecule has 4 rings (SSSR count). The van der Waals surface area contributed by atoms with Crippen molar-refractivity contribution in [3.05, 3.63) is 52.1 Å². The molecule has 2 heterocycles. The molecule has 0 spiro atoms. The molecular formula is C15H13N3O2. The van der Waals surface area contributed by atoms with E-state index in [4.69, 9.17) is 0 Å². The average Bonchev–Trinajstić information content (AvgIpc) is 2.82. The molecular weight excluding hydrogens is 254 g/mol. The van der Waals surface area contributed by atoms with Gasteiger partial charge in [-0.15, -0.1) is 0 Å². The van der Waals surface area contributed by atoms with Crippen molar-refractivity contribution in [2.45, 2.75) is 19.3 Å². The summed E-state index contributed by atoms with van der Waals surface area (Å²) in [5.74, 6) is -0.0461. The summed E-state index contributed by atoms with van der Waals surface area (Å²) in [5.41, 5.74) is 2.23. The number of hydrogen-bond donors (Lipinski definition) is 2. The van der Waals surface area contributed by atoms with Gasteiger partial charge in [0.05, 0.1) is 11.4 Å². The molecule has 2 aromatic heterocycles. The third kappa shape index (κ3) is 1.43. The summed E-state index contributed by atoms with van der Waals surface area (Å²) in [6, 6.07) is 9.28. The predicted molar refractivity (Wildman–Crippen MR) is 75.4 cm³/mol. The number of aryl methyl sites for hydroxylation is 2. The summed E-state index contributed by atoms with van der Waals surface area (Å²) in [7, 11) is 0. The summed E-state index contributed by atoms with van der Waals surface area (Å²) >= 11 is 0. The van der Waals surface area contributed by atoms with Gasteiger partial charge in [0.2, 0.25) is 5.88 Å². The third-order valence-electron chi connectivity index (χ3n) is 3.81. The summed E-state index contributed by atoms with van der Waals surface area (Å²) < 4.78 is 1.38. The number of nitrogens with zero attached hydrogens (tertiary/aromatic N) is 2. The first-order valence-electron chi connectivity index (χ1n) is 6.67. The Morgan fingerprint density at radius 2 is 1.95 bits per heavy atom. The molecule has 0 saturated carbocycles. The molecule has 5 nitrogen and oxygen atoms in total. The van der Waals surface area contributed by atoms with Crippen LogP contribution in [0.25, 0.3) is 16.5 Å². The molecule has 2 N–H and O–H groups in total. The van der Waals surface area contributed by atoms with E-state index in [-0.39, 0.29) is 11.4 Å². The predicted octanol–water partition coefficient (Wildman–Crippen LogP) is 1.91. The minimum atomic E-state index is -0.281. The Morgan fingerprint density at radius 1 is 1.15 bits per heavy atom. The summed E-state index contributed by atoms with van der Waals surface area (Å²) in [6.07, 6.45) is 2.65. The molecule has 0 radical (unpaired) electrons. The van der Waals surface area contributed by atoms with Gasteiger partial charge in [-0.1, -0.05) is 18.2 Å². The fraction of sp³-hybridized carbons (Fsp3) is 0.200. The molecule has 0 fully saturated rings. The Balaban J connectivity index is 2.13. The maximum atomic E-state index is 12.6. The smallest absolute Gasteiger partial charge is 0.284 e. The standard InChI is InChI=1S/C15H13N3O2/c19-14-13-12-10(16-14)7-4-8-11(12)17-18(15(13)20)9-5-2-1-3-6-9/h1-3,5-6,16,19H,4,7-8H2. The second-order valence-corrected chi connectivity index (χ2v) is 5.05. The molecule has 100 valence electrons. The number of rotatable bonds is 1. The van der Waals surface area contributed by atoms with E-state index in [2.05, 4.69) is 10.1 Å². The lowest BCUT2D eigenvalue weighted by Crippen LogP contribution is -2.23. The van der Waals surface area contributed by atoms with Crippen LogP contribution >= 0.6 is 0 Å². The zero-order valence-electron chi connectivity index (χ0n) is 10.8. The Bertz CT molecular complexity index is 862. The van der Waals surface area contributed by atoms with Crippen molar-refractivity contribution in [2.75, 3.05) is 0 Å². The Kier molecular flexibility index (Phi) is 2.24. The van der Waals surface area contributed by atoms with Crippen LogP contribution in [0, 0.1) is 0 Å². The van der Waals surface area contributed by atoms with Crippen LogP contribution in [0.5, 0.6) is 5.88 Å². The molecule has 1 aromatic carbocycles. The number of hydrogen-bond acceptors (Lipinski definition) is 3. The SMILES string of the molecule is O=c1c2c(O)[nH]c3c2c(nn1-c1ccccc1)CCC3. The van der Waals surface area contributed by atoms with Crippen LogP contribution in [-0.2, 0) is 12.8 Å². The van der Waals surface area contributed by atoms with Gasteiger partial charge >= 0.3 is 0 Å². The van der Waals surface area contributed by atoms with Crippen molar-refractivity contribution in [1.29, 1.82) is 0 Å². The molecule has 1 aliphatic rings. The van der Waals surface area contributed by atoms with Gasteiger partial charge in [-0.25, -0.2) is 0 Å². The Morgan fingerprint density at radius 3 is 2.75 bits per heavy atom. The Labute approximate surface area is 114 Å². The Hall–Kier alpha value is -2.56. The van der Waals surface area contributed by atoms with Crippen molar-refractivity contribution >= 4 is 10.8 Å². The van der Waals surface area contributed by atoms with Gasteiger partial charge in [0.25, 0.3) is 5.56 Å². The minimum absolute atomic E-state index is 0.0461. The van der Waals surface area contributed by atoms with Crippen LogP contribution in [0.3, 0.4) is 0 Å². The van der Waals surface area contributed by atoms with Gasteiger partial charge in [-0.3, -0.25) is 4.79 Å². The lowest BCUT2D eigenvalue weighted by Gasteiger charge is -2.13. The molecule has 0 aliphatic heterocycles. The summed E-state index contributed by atoms with van der Waals surface area (Å²) in [5, 5.41) is 15.7. The average molecular weight is 267 g/mol. The molecule has 0 bridgehead atoms. The van der Waals surface area contributed by atoms with Crippen LogP contribution in [0.2, 0.25) is 0 Å². The number of nitrogens with one attached hydrogen (secondary N) is 1. The van der Waals surface area contributed by atoms with E-state index in [0.717, 1.165) is 36.0 Å². The number of H-pyrrole nitrogens is 1. The first-order valence-corrected chi connectivity index (χ1v) is 6.67. The van der Waals surface area contributed by atoms with Gasteiger partial charge in [0.1, 0.15) is 5.39 Å². The van der Waals surface area contributed by atoms with Crippen molar-refractivity contribution in [2.24, 2.45) is 0 Å². The second kappa shape index (κ2) is 3.96. The van der Waals surface area contributed by atoms with Crippen LogP contribution in [0.4, 0.5) is 0 Å². The van der Waals surface area contributed by atoms with Crippen molar-refractivity contribution in [1.82, 2.24) is 14.8 Å². The van der Waals surface area contributed by atoms with E-state index in [1.165, 1.54) is 4.68 Å². The highest BCUT2D eigenvalue weighted by molar-refractivity contribution is 5.92. The van der Waals surface area contributed by atoms with Crippen molar-refractivity contribution in [3.63, 3.8) is 0 Å². The van der Waals surface area contributed by atoms with Gasteiger partial charge in [-0.2, -0.15) is 9.78 Å². The molecule has 0 saturated heterocycles. The fourth-order valence-electron chi connectivity index (χ4n) is 2.93. The van der Waals surface area contributed by atoms with Crippen LogP contribution in [0.15, 0.2) is 35.1 Å². The van der Waals surface area contributed by atoms with E-state index in [9.17, 15) is 9.90 Å². The molecule has 5 heteroatoms. The molecule has 0 unspecified atom stereocenters. The first kappa shape index (κ1) is 11.3. The van der Waals surface area contributed by atoms with E-state index in [1.807, 2.05) is 30.3 Å². The number of benzene rings is 1. The fourth-order valence-corrected chi connectivity index (χ4v) is 2.93. The normalized spacial score (nSPS) is 13.8. The topological polar surface area (TPSA) is 70.9 Å². The molecule has 0 atom stereocenters. The van der Waals surface area contributed by atoms with Crippen LogP contribution in [-0.4, -0.2) is 19.9 Å². The van der Waals surface area contributed by atoms with E-state index in [1.54, 1.807) is 0 Å². The zero-order chi connectivity index (χ0) is 13.7. The summed E-state index contributed by atoms with van der Waals surface area (Å²) in [6.45, 7) is 0. The monoisotopic (exact) mass is 267 g/mol. The molecule has 3 aromatic rings. The van der Waals surface area contributed by atoms with Gasteiger partial charge in [-0.05, 0) is 31.4 Å². The zero-order valence-corrected chi connectivity index (χ0v) is 10.8.